The molecule has 30 heavy (non-hydrogen) atoms. The molecule has 2 aromatic rings. The zero-order valence-electron chi connectivity index (χ0n) is 17.1. The van der Waals surface area contributed by atoms with E-state index in [1.54, 1.807) is 18.0 Å². The van der Waals surface area contributed by atoms with Crippen LogP contribution in [0.15, 0.2) is 35.3 Å². The minimum atomic E-state index is -0.376. The third-order valence-electron chi connectivity index (χ3n) is 6.04. The molecule has 0 spiro atoms. The number of anilines is 1. The molecule has 1 aliphatic carbocycles. The van der Waals surface area contributed by atoms with Crippen molar-refractivity contribution in [3.63, 3.8) is 0 Å². The Kier molecular flexibility index (Phi) is 6.39. The maximum absolute atomic E-state index is 12.8. The number of benzene rings is 1. The summed E-state index contributed by atoms with van der Waals surface area (Å²) in [6, 6.07) is 7.90. The van der Waals surface area contributed by atoms with Crippen molar-refractivity contribution >= 4 is 23.2 Å². The summed E-state index contributed by atoms with van der Waals surface area (Å²) in [4.78, 5) is 26.4. The van der Waals surface area contributed by atoms with Gasteiger partial charge in [0.05, 0.1) is 36.8 Å². The van der Waals surface area contributed by atoms with Crippen molar-refractivity contribution in [2.75, 3.05) is 31.6 Å². The highest BCUT2D eigenvalue weighted by molar-refractivity contribution is 6.32. The van der Waals surface area contributed by atoms with Gasteiger partial charge in [-0.2, -0.15) is 9.78 Å². The fraction of sp³-hybridized carbons (Fsp3) is 0.500. The van der Waals surface area contributed by atoms with E-state index in [1.807, 2.05) is 12.1 Å². The smallest absolute Gasteiger partial charge is 0.292 e. The highest BCUT2D eigenvalue weighted by Crippen LogP contribution is 2.34. The van der Waals surface area contributed by atoms with Crippen molar-refractivity contribution in [2.45, 2.75) is 44.6 Å². The molecule has 2 aliphatic rings. The summed E-state index contributed by atoms with van der Waals surface area (Å²) in [6.07, 6.45) is 6.59. The van der Waals surface area contributed by atoms with Gasteiger partial charge < -0.3 is 15.0 Å². The number of morpholine rings is 1. The maximum atomic E-state index is 12.8. The van der Waals surface area contributed by atoms with E-state index in [0.717, 1.165) is 0 Å². The van der Waals surface area contributed by atoms with Crippen LogP contribution in [0, 0.1) is 0 Å². The molecule has 1 unspecified atom stereocenters. The molecular formula is C22H27ClN4O3. The van der Waals surface area contributed by atoms with E-state index < -0.39 is 0 Å². The first-order valence-electron chi connectivity index (χ1n) is 10.5. The topological polar surface area (TPSA) is 76.5 Å². The SMILES string of the molecule is CC(=O)N1CCOCC1CNc1cnn(-c2ccc(C3CCCC3)cc2)c(=O)c1Cl. The minimum absolute atomic E-state index is 0.00536. The average Bonchev–Trinajstić information content (AvgIpc) is 3.30. The lowest BCUT2D eigenvalue weighted by Crippen LogP contribution is -2.51. The van der Waals surface area contributed by atoms with Crippen LogP contribution in [0.4, 0.5) is 5.69 Å². The predicted molar refractivity (Wildman–Crippen MR) is 117 cm³/mol. The monoisotopic (exact) mass is 430 g/mol. The molecule has 4 rings (SSSR count). The molecule has 2 fully saturated rings. The number of amides is 1. The van der Waals surface area contributed by atoms with E-state index in [2.05, 4.69) is 22.5 Å². The minimum Gasteiger partial charge on any atom is -0.380 e. The van der Waals surface area contributed by atoms with Gasteiger partial charge in [0.1, 0.15) is 5.02 Å². The second-order valence-electron chi connectivity index (χ2n) is 7.98. The second-order valence-corrected chi connectivity index (χ2v) is 8.36. The molecule has 2 heterocycles. The van der Waals surface area contributed by atoms with Crippen molar-refractivity contribution in [1.82, 2.24) is 14.7 Å². The zero-order chi connectivity index (χ0) is 21.1. The van der Waals surface area contributed by atoms with Crippen molar-refractivity contribution in [3.05, 3.63) is 51.4 Å². The fourth-order valence-corrected chi connectivity index (χ4v) is 4.55. The standard InChI is InChI=1S/C22H27ClN4O3/c1-15(28)26-10-11-30-14-19(26)12-24-20-13-25-27(22(29)21(20)23)18-8-6-17(7-9-18)16-4-2-3-5-16/h6-9,13,16,19,24H,2-5,10-12,14H2,1H3. The fourth-order valence-electron chi connectivity index (χ4n) is 4.35. The third-order valence-corrected chi connectivity index (χ3v) is 6.41. The Balaban J connectivity index is 1.48. The molecule has 1 aromatic carbocycles. The Labute approximate surface area is 181 Å². The molecule has 1 N–H and O–H groups in total. The first-order valence-corrected chi connectivity index (χ1v) is 10.9. The maximum Gasteiger partial charge on any atom is 0.292 e. The predicted octanol–water partition coefficient (Wildman–Crippen LogP) is 3.20. The van der Waals surface area contributed by atoms with Gasteiger partial charge in [0.25, 0.3) is 5.56 Å². The second kappa shape index (κ2) is 9.18. The molecule has 0 bridgehead atoms. The van der Waals surface area contributed by atoms with Gasteiger partial charge in [-0.05, 0) is 36.5 Å². The number of halogens is 1. The Morgan fingerprint density at radius 3 is 2.70 bits per heavy atom. The van der Waals surface area contributed by atoms with Crippen molar-refractivity contribution in [2.24, 2.45) is 0 Å². The normalized spacial score (nSPS) is 19.8. The largest absolute Gasteiger partial charge is 0.380 e. The summed E-state index contributed by atoms with van der Waals surface area (Å²) in [5.41, 5.74) is 2.09. The van der Waals surface area contributed by atoms with E-state index in [-0.39, 0.29) is 22.5 Å². The summed E-state index contributed by atoms with van der Waals surface area (Å²) >= 11 is 6.35. The number of nitrogens with zero attached hydrogens (tertiary/aromatic N) is 3. The Morgan fingerprint density at radius 1 is 1.27 bits per heavy atom. The van der Waals surface area contributed by atoms with Gasteiger partial charge in [0.2, 0.25) is 5.91 Å². The molecule has 1 aromatic heterocycles. The van der Waals surface area contributed by atoms with Gasteiger partial charge in [-0.1, -0.05) is 36.6 Å². The average molecular weight is 431 g/mol. The van der Waals surface area contributed by atoms with Crippen LogP contribution in [0.25, 0.3) is 5.69 Å². The van der Waals surface area contributed by atoms with Crippen LogP contribution in [0.5, 0.6) is 0 Å². The van der Waals surface area contributed by atoms with Gasteiger partial charge >= 0.3 is 0 Å². The zero-order valence-corrected chi connectivity index (χ0v) is 17.9. The summed E-state index contributed by atoms with van der Waals surface area (Å²) < 4.78 is 6.80. The molecule has 1 aliphatic heterocycles. The molecular weight excluding hydrogens is 404 g/mol. The highest BCUT2D eigenvalue weighted by atomic mass is 35.5. The van der Waals surface area contributed by atoms with Crippen molar-refractivity contribution < 1.29 is 9.53 Å². The van der Waals surface area contributed by atoms with Crippen LogP contribution >= 0.6 is 11.6 Å². The van der Waals surface area contributed by atoms with Gasteiger partial charge in [0.15, 0.2) is 0 Å². The van der Waals surface area contributed by atoms with Gasteiger partial charge in [-0.15, -0.1) is 0 Å². The lowest BCUT2D eigenvalue weighted by atomic mass is 9.98. The number of carbonyl (C=O) groups is 1. The number of hydrogen-bond acceptors (Lipinski definition) is 5. The van der Waals surface area contributed by atoms with E-state index in [9.17, 15) is 9.59 Å². The molecule has 1 atom stereocenters. The molecule has 0 radical (unpaired) electrons. The number of aromatic nitrogens is 2. The van der Waals surface area contributed by atoms with Gasteiger partial charge in [-0.3, -0.25) is 9.59 Å². The molecule has 160 valence electrons. The van der Waals surface area contributed by atoms with E-state index >= 15 is 0 Å². The summed E-state index contributed by atoms with van der Waals surface area (Å²) in [5, 5.41) is 7.53. The van der Waals surface area contributed by atoms with Crippen molar-refractivity contribution in [1.29, 1.82) is 0 Å². The number of rotatable bonds is 5. The first kappa shape index (κ1) is 20.9. The van der Waals surface area contributed by atoms with Crippen LogP contribution in [0.2, 0.25) is 5.02 Å². The Morgan fingerprint density at radius 2 is 2.00 bits per heavy atom. The molecule has 1 saturated carbocycles. The first-order chi connectivity index (χ1) is 14.5. The number of carbonyl (C=O) groups excluding carboxylic acids is 1. The molecule has 1 saturated heterocycles. The summed E-state index contributed by atoms with van der Waals surface area (Å²) in [7, 11) is 0. The lowest BCUT2D eigenvalue weighted by molar-refractivity contribution is -0.136. The molecule has 1 amide bonds. The van der Waals surface area contributed by atoms with Crippen LogP contribution in [0.1, 0.15) is 44.1 Å². The van der Waals surface area contributed by atoms with Gasteiger partial charge in [-0.25, -0.2) is 0 Å². The highest BCUT2D eigenvalue weighted by Gasteiger charge is 2.25. The van der Waals surface area contributed by atoms with Crippen LogP contribution in [0.3, 0.4) is 0 Å². The molecule has 8 heteroatoms. The number of ether oxygens (including phenoxy) is 1. The van der Waals surface area contributed by atoms with Gasteiger partial charge in [0, 0.05) is 20.0 Å². The molecule has 7 nitrogen and oxygen atoms in total. The van der Waals surface area contributed by atoms with Crippen molar-refractivity contribution in [3.8, 4) is 5.69 Å². The van der Waals surface area contributed by atoms with Crippen LogP contribution < -0.4 is 10.9 Å². The lowest BCUT2D eigenvalue weighted by Gasteiger charge is -2.35. The summed E-state index contributed by atoms with van der Waals surface area (Å²) in [6.45, 7) is 3.52. The Bertz CT molecular complexity index is 954. The summed E-state index contributed by atoms with van der Waals surface area (Å²) in [5.74, 6) is 0.628. The Hall–Kier alpha value is -2.38. The van der Waals surface area contributed by atoms with E-state index in [4.69, 9.17) is 16.3 Å². The quantitative estimate of drug-likeness (QED) is 0.788. The number of nitrogens with one attached hydrogen (secondary N) is 1. The van der Waals surface area contributed by atoms with Crippen LogP contribution in [-0.4, -0.2) is 52.9 Å². The van der Waals surface area contributed by atoms with Crippen LogP contribution in [-0.2, 0) is 9.53 Å². The third kappa shape index (κ3) is 4.37. The number of hydrogen-bond donors (Lipinski definition) is 1. The van der Waals surface area contributed by atoms with E-state index in [1.165, 1.54) is 35.9 Å². The van der Waals surface area contributed by atoms with E-state index in [0.29, 0.717) is 43.6 Å².